The van der Waals surface area contributed by atoms with E-state index in [1.54, 1.807) is 44.2 Å². The molecule has 5 nitrogen and oxygen atoms in total. The third-order valence-electron chi connectivity index (χ3n) is 2.63. The van der Waals surface area contributed by atoms with Crippen LogP contribution in [-0.4, -0.2) is 17.6 Å². The second-order valence-corrected chi connectivity index (χ2v) is 7.69. The van der Waals surface area contributed by atoms with Crippen molar-refractivity contribution < 1.29 is 18.6 Å². The maximum absolute atomic E-state index is 12.1. The van der Waals surface area contributed by atoms with Crippen molar-refractivity contribution in [1.29, 1.82) is 0 Å². The number of nitrogens with one attached hydrogen (secondary N) is 1. The van der Waals surface area contributed by atoms with Crippen molar-refractivity contribution in [1.82, 2.24) is 5.09 Å². The molecule has 0 aliphatic carbocycles. The van der Waals surface area contributed by atoms with Gasteiger partial charge in [0.1, 0.15) is 17.4 Å². The fourth-order valence-corrected chi connectivity index (χ4v) is 3.49. The van der Waals surface area contributed by atoms with Crippen LogP contribution >= 0.6 is 18.1 Å². The molecule has 0 spiro atoms. The van der Waals surface area contributed by atoms with Crippen LogP contribution in [0.25, 0.3) is 0 Å². The molecule has 1 aliphatic heterocycles. The molecule has 1 heterocycles. The molecule has 2 rings (SSSR count). The monoisotopic (exact) mass is 303 g/mol. The average molecular weight is 304 g/mol. The molecule has 1 aromatic rings. The molecule has 2 atom stereocenters. The fraction of sp³-hybridized carbons (Fsp3) is 0.417. The first-order valence-corrected chi connectivity index (χ1v) is 8.35. The summed E-state index contributed by atoms with van der Waals surface area (Å²) in [5.41, 5.74) is -0.585. The van der Waals surface area contributed by atoms with Crippen LogP contribution < -0.4 is 9.61 Å². The Bertz CT molecular complexity index is 520. The second-order valence-electron chi connectivity index (χ2n) is 4.95. The van der Waals surface area contributed by atoms with Gasteiger partial charge in [0, 0.05) is 17.7 Å². The van der Waals surface area contributed by atoms with E-state index in [1.165, 1.54) is 0 Å². The highest BCUT2D eigenvalue weighted by Gasteiger charge is 2.43. The van der Waals surface area contributed by atoms with E-state index in [0.29, 0.717) is 12.2 Å². The lowest BCUT2D eigenvalue weighted by Crippen LogP contribution is -2.31. The third-order valence-corrected chi connectivity index (χ3v) is 4.20. The minimum atomic E-state index is -3.64. The highest BCUT2D eigenvalue weighted by Crippen LogP contribution is 2.49. The van der Waals surface area contributed by atoms with Crippen molar-refractivity contribution in [2.75, 3.05) is 0 Å². The van der Waals surface area contributed by atoms with E-state index >= 15 is 0 Å². The third kappa shape index (κ3) is 3.96. The molecule has 1 fully saturated rings. The highest BCUT2D eigenvalue weighted by atomic mass is 35.7. The van der Waals surface area contributed by atoms with Gasteiger partial charge in [-0.2, -0.15) is 0 Å². The molecular formula is C12H15ClNO4P. The Morgan fingerprint density at radius 1 is 1.42 bits per heavy atom. The second kappa shape index (κ2) is 5.16. The minimum absolute atomic E-state index is 0.374. The van der Waals surface area contributed by atoms with E-state index in [4.69, 9.17) is 20.5 Å². The number of halogens is 1. The van der Waals surface area contributed by atoms with E-state index in [1.807, 2.05) is 0 Å². The van der Waals surface area contributed by atoms with Crippen LogP contribution in [-0.2, 0) is 14.1 Å². The topological polar surface area (TPSA) is 64.6 Å². The Hall–Kier alpha value is -1.03. The van der Waals surface area contributed by atoms with Crippen molar-refractivity contribution in [3.63, 3.8) is 0 Å². The standard InChI is InChI=1S/C12H15ClNO4P/c1-12(2)8-10(11(15)17-12)14-19(13,16)18-9-6-4-3-5-7-9/h3-7,10H,8H2,1-2H3,(H,14,16). The average Bonchev–Trinajstić information content (AvgIpc) is 2.51. The fourth-order valence-electron chi connectivity index (χ4n) is 1.89. The zero-order chi connectivity index (χ0) is 14.1. The molecule has 1 aromatic carbocycles. The molecule has 1 N–H and O–H groups in total. The van der Waals surface area contributed by atoms with Gasteiger partial charge in [0.25, 0.3) is 0 Å². The molecule has 7 heteroatoms. The summed E-state index contributed by atoms with van der Waals surface area (Å²) in [7, 11) is 0. The molecular weight excluding hydrogens is 289 g/mol. The largest absolute Gasteiger partial charge is 0.458 e. The molecule has 0 amide bonds. The van der Waals surface area contributed by atoms with Gasteiger partial charge in [-0.15, -0.1) is 0 Å². The number of esters is 1. The number of para-hydroxylation sites is 1. The number of rotatable bonds is 4. The van der Waals surface area contributed by atoms with E-state index in [-0.39, 0.29) is 0 Å². The maximum atomic E-state index is 12.1. The zero-order valence-electron chi connectivity index (χ0n) is 10.6. The Balaban J connectivity index is 2.02. The smallest absolute Gasteiger partial charge is 0.409 e. The summed E-state index contributed by atoms with van der Waals surface area (Å²) in [4.78, 5) is 11.6. The summed E-state index contributed by atoms with van der Waals surface area (Å²) >= 11 is 5.82. The van der Waals surface area contributed by atoms with Gasteiger partial charge in [-0.05, 0) is 26.0 Å². The SMILES string of the molecule is CC1(C)CC(NP(=O)(Cl)Oc2ccccc2)C(=O)O1. The summed E-state index contributed by atoms with van der Waals surface area (Å²) in [5.74, 6) is -0.0958. The van der Waals surface area contributed by atoms with Crippen LogP contribution in [0.5, 0.6) is 5.75 Å². The van der Waals surface area contributed by atoms with Crippen molar-refractivity contribution in [3.8, 4) is 5.75 Å². The van der Waals surface area contributed by atoms with Gasteiger partial charge in [0.15, 0.2) is 0 Å². The first-order valence-electron chi connectivity index (χ1n) is 5.82. The van der Waals surface area contributed by atoms with Crippen molar-refractivity contribution in [3.05, 3.63) is 30.3 Å². The lowest BCUT2D eigenvalue weighted by atomic mass is 10.0. The predicted molar refractivity (Wildman–Crippen MR) is 72.2 cm³/mol. The lowest BCUT2D eigenvalue weighted by Gasteiger charge is -2.17. The summed E-state index contributed by atoms with van der Waals surface area (Å²) in [6, 6.07) is 7.82. The first kappa shape index (κ1) is 14.4. The molecule has 104 valence electrons. The van der Waals surface area contributed by atoms with E-state index in [9.17, 15) is 9.36 Å². The van der Waals surface area contributed by atoms with Gasteiger partial charge in [-0.1, -0.05) is 18.2 Å². The molecule has 0 aromatic heterocycles. The minimum Gasteiger partial charge on any atom is -0.458 e. The normalized spacial score (nSPS) is 24.6. The molecule has 2 unspecified atom stereocenters. The quantitative estimate of drug-likeness (QED) is 0.684. The van der Waals surface area contributed by atoms with E-state index in [0.717, 1.165) is 0 Å². The first-order chi connectivity index (χ1) is 8.77. The van der Waals surface area contributed by atoms with E-state index in [2.05, 4.69) is 5.09 Å². The molecule has 0 saturated carbocycles. The van der Waals surface area contributed by atoms with Crippen LogP contribution in [0.2, 0.25) is 0 Å². The van der Waals surface area contributed by atoms with Crippen LogP contribution in [0.15, 0.2) is 30.3 Å². The zero-order valence-corrected chi connectivity index (χ0v) is 12.3. The van der Waals surface area contributed by atoms with Crippen LogP contribution in [0.1, 0.15) is 20.3 Å². The van der Waals surface area contributed by atoms with Gasteiger partial charge in [-0.3, -0.25) is 4.79 Å². The Morgan fingerprint density at radius 3 is 2.58 bits per heavy atom. The van der Waals surface area contributed by atoms with Crippen LogP contribution in [0.3, 0.4) is 0 Å². The number of hydrogen-bond donors (Lipinski definition) is 1. The number of benzene rings is 1. The van der Waals surface area contributed by atoms with Gasteiger partial charge in [0.2, 0.25) is 0 Å². The predicted octanol–water partition coefficient (Wildman–Crippen LogP) is 3.10. The summed E-state index contributed by atoms with van der Waals surface area (Å²) < 4.78 is 22.4. The molecule has 1 saturated heterocycles. The number of ether oxygens (including phenoxy) is 1. The van der Waals surface area contributed by atoms with Crippen molar-refractivity contribution >= 4 is 24.1 Å². The summed E-state index contributed by atoms with van der Waals surface area (Å²) in [6.07, 6.45) is 0.390. The summed E-state index contributed by atoms with van der Waals surface area (Å²) in [5, 5.41) is 2.53. The molecule has 0 bridgehead atoms. The Morgan fingerprint density at radius 2 is 2.05 bits per heavy atom. The molecule has 19 heavy (non-hydrogen) atoms. The number of carbonyl (C=O) groups excluding carboxylic acids is 1. The Kier molecular flexibility index (Phi) is 3.90. The van der Waals surface area contributed by atoms with Crippen molar-refractivity contribution in [2.24, 2.45) is 0 Å². The van der Waals surface area contributed by atoms with Gasteiger partial charge >= 0.3 is 12.8 Å². The van der Waals surface area contributed by atoms with Crippen LogP contribution in [0, 0.1) is 0 Å². The van der Waals surface area contributed by atoms with Crippen molar-refractivity contribution in [2.45, 2.75) is 31.9 Å². The van der Waals surface area contributed by atoms with E-state index < -0.39 is 24.5 Å². The van der Waals surface area contributed by atoms with Crippen LogP contribution in [0.4, 0.5) is 0 Å². The summed E-state index contributed by atoms with van der Waals surface area (Å²) in [6.45, 7) is -0.0729. The number of hydrogen-bond acceptors (Lipinski definition) is 4. The van der Waals surface area contributed by atoms with Gasteiger partial charge in [0.05, 0.1) is 0 Å². The van der Waals surface area contributed by atoms with Gasteiger partial charge in [-0.25, -0.2) is 9.65 Å². The van der Waals surface area contributed by atoms with Gasteiger partial charge < -0.3 is 9.26 Å². The molecule has 0 radical (unpaired) electrons. The number of carbonyl (C=O) groups is 1. The highest BCUT2D eigenvalue weighted by molar-refractivity contribution is 7.84. The molecule has 1 aliphatic rings. The maximum Gasteiger partial charge on any atom is 0.409 e. The number of cyclic esters (lactones) is 1. The Labute approximate surface area is 116 Å². The lowest BCUT2D eigenvalue weighted by molar-refractivity contribution is -0.147.